The van der Waals surface area contributed by atoms with Crippen molar-refractivity contribution in [2.45, 2.75) is 19.6 Å². The molecular weight excluding hydrogens is 356 g/mol. The smallest absolute Gasteiger partial charge is 0.269 e. The molecule has 0 atom stereocenters. The number of pyridine rings is 1. The van der Waals surface area contributed by atoms with Gasteiger partial charge in [-0.25, -0.2) is 4.98 Å². The highest BCUT2D eigenvalue weighted by Crippen LogP contribution is 2.13. The Bertz CT molecular complexity index is 1140. The summed E-state index contributed by atoms with van der Waals surface area (Å²) in [6, 6.07) is 14.6. The van der Waals surface area contributed by atoms with Crippen LogP contribution in [0.5, 0.6) is 0 Å². The van der Waals surface area contributed by atoms with Crippen LogP contribution in [-0.2, 0) is 24.4 Å². The Morgan fingerprint density at radius 3 is 2.71 bits per heavy atom. The molecule has 0 unspecified atom stereocenters. The molecule has 0 saturated carbocycles. The molecule has 0 bridgehead atoms. The molecule has 4 rings (SSSR count). The average Bonchev–Trinajstić information content (AvgIpc) is 3.23. The van der Waals surface area contributed by atoms with E-state index in [0.717, 1.165) is 5.56 Å². The van der Waals surface area contributed by atoms with Crippen molar-refractivity contribution in [2.24, 2.45) is 0 Å². The number of carbonyl (C=O) groups is 1. The summed E-state index contributed by atoms with van der Waals surface area (Å²) in [6.45, 7) is 0.590. The van der Waals surface area contributed by atoms with Gasteiger partial charge >= 0.3 is 0 Å². The van der Waals surface area contributed by atoms with Crippen LogP contribution in [0.3, 0.4) is 0 Å². The molecule has 0 aliphatic heterocycles. The number of nitrogens with zero attached hydrogens (tertiary/aromatic N) is 4. The highest BCUT2D eigenvalue weighted by atomic mass is 16.3. The second-order valence-corrected chi connectivity index (χ2v) is 6.36. The number of hydrogen-bond donors (Lipinski definition) is 0. The van der Waals surface area contributed by atoms with Gasteiger partial charge in [0.15, 0.2) is 0 Å². The molecule has 3 aromatic heterocycles. The van der Waals surface area contributed by atoms with Gasteiger partial charge in [0.25, 0.3) is 5.56 Å². The van der Waals surface area contributed by atoms with Crippen molar-refractivity contribution >= 4 is 16.9 Å². The van der Waals surface area contributed by atoms with Gasteiger partial charge in [0.2, 0.25) is 5.91 Å². The van der Waals surface area contributed by atoms with Gasteiger partial charge in [-0.1, -0.05) is 18.2 Å². The van der Waals surface area contributed by atoms with Gasteiger partial charge in [-0.15, -0.1) is 0 Å². The molecule has 0 radical (unpaired) electrons. The van der Waals surface area contributed by atoms with Gasteiger partial charge in [0.05, 0.1) is 30.0 Å². The zero-order valence-corrected chi connectivity index (χ0v) is 15.1. The van der Waals surface area contributed by atoms with E-state index in [1.165, 1.54) is 10.8 Å². The largest absolute Gasteiger partial charge is 0.467 e. The lowest BCUT2D eigenvalue weighted by Gasteiger charge is -2.22. The zero-order chi connectivity index (χ0) is 19.3. The molecule has 0 N–H and O–H groups in total. The van der Waals surface area contributed by atoms with Crippen molar-refractivity contribution in [3.05, 3.63) is 95.1 Å². The molecular formula is C21H18N4O3. The van der Waals surface area contributed by atoms with Crippen LogP contribution in [0.25, 0.3) is 11.0 Å². The van der Waals surface area contributed by atoms with Crippen LogP contribution in [0.2, 0.25) is 0 Å². The van der Waals surface area contributed by atoms with Crippen LogP contribution in [0, 0.1) is 0 Å². The van der Waals surface area contributed by atoms with E-state index in [1.807, 2.05) is 36.4 Å². The standard InChI is InChI=1S/C21H18N4O3/c26-20-12-23-18-7-1-2-8-19(18)25(20)15-21(27)24(14-17-6-4-10-28-17)13-16-5-3-9-22-11-16/h1-12H,13-15H2. The predicted octanol–water partition coefficient (Wildman–Crippen LogP) is 2.61. The number of rotatable bonds is 6. The van der Waals surface area contributed by atoms with E-state index in [2.05, 4.69) is 9.97 Å². The molecule has 0 aliphatic rings. The topological polar surface area (TPSA) is 81.2 Å². The van der Waals surface area contributed by atoms with Gasteiger partial charge in [-0.05, 0) is 35.9 Å². The fraction of sp³-hybridized carbons (Fsp3) is 0.143. The number of hydrogen-bond acceptors (Lipinski definition) is 5. The highest BCUT2D eigenvalue weighted by Gasteiger charge is 2.18. The average molecular weight is 374 g/mol. The zero-order valence-electron chi connectivity index (χ0n) is 15.1. The van der Waals surface area contributed by atoms with Crippen molar-refractivity contribution in [3.8, 4) is 0 Å². The summed E-state index contributed by atoms with van der Waals surface area (Å²) >= 11 is 0. The van der Waals surface area contributed by atoms with Gasteiger partial charge in [-0.3, -0.25) is 19.1 Å². The Hall–Kier alpha value is -3.74. The van der Waals surface area contributed by atoms with Crippen molar-refractivity contribution in [2.75, 3.05) is 0 Å². The fourth-order valence-corrected chi connectivity index (χ4v) is 3.05. The third-order valence-electron chi connectivity index (χ3n) is 4.42. The van der Waals surface area contributed by atoms with Crippen LogP contribution in [0.4, 0.5) is 0 Å². The molecule has 7 nitrogen and oxygen atoms in total. The molecule has 140 valence electrons. The number of fused-ring (bicyclic) bond motifs is 1. The number of aromatic nitrogens is 3. The number of amides is 1. The molecule has 0 fully saturated rings. The molecule has 0 spiro atoms. The summed E-state index contributed by atoms with van der Waals surface area (Å²) in [7, 11) is 0. The maximum Gasteiger partial charge on any atom is 0.269 e. The Kier molecular flexibility index (Phi) is 4.97. The number of carbonyl (C=O) groups excluding carboxylic acids is 1. The first-order valence-corrected chi connectivity index (χ1v) is 8.84. The second-order valence-electron chi connectivity index (χ2n) is 6.36. The van der Waals surface area contributed by atoms with Crippen LogP contribution >= 0.6 is 0 Å². The lowest BCUT2D eigenvalue weighted by atomic mass is 10.2. The van der Waals surface area contributed by atoms with Gasteiger partial charge < -0.3 is 9.32 Å². The maximum absolute atomic E-state index is 13.1. The predicted molar refractivity (Wildman–Crippen MR) is 103 cm³/mol. The summed E-state index contributed by atoms with van der Waals surface area (Å²) in [6.07, 6.45) is 6.22. The van der Waals surface area contributed by atoms with Gasteiger partial charge in [-0.2, -0.15) is 0 Å². The van der Waals surface area contributed by atoms with Gasteiger partial charge in [0, 0.05) is 18.9 Å². The van der Waals surface area contributed by atoms with Crippen LogP contribution in [-0.4, -0.2) is 25.3 Å². The second kappa shape index (κ2) is 7.87. The Morgan fingerprint density at radius 1 is 1.04 bits per heavy atom. The summed E-state index contributed by atoms with van der Waals surface area (Å²) in [5.74, 6) is 0.475. The van der Waals surface area contributed by atoms with Crippen molar-refractivity contribution in [3.63, 3.8) is 0 Å². The summed E-state index contributed by atoms with van der Waals surface area (Å²) < 4.78 is 6.86. The quantitative estimate of drug-likeness (QED) is 0.518. The normalized spacial score (nSPS) is 10.9. The van der Waals surface area contributed by atoms with E-state index in [1.54, 1.807) is 35.7 Å². The first-order chi connectivity index (χ1) is 13.7. The molecule has 1 amide bonds. The van der Waals surface area contributed by atoms with Crippen molar-refractivity contribution < 1.29 is 9.21 Å². The van der Waals surface area contributed by atoms with Crippen LogP contribution in [0.1, 0.15) is 11.3 Å². The Balaban J connectivity index is 1.64. The minimum atomic E-state index is -0.314. The van der Waals surface area contributed by atoms with Gasteiger partial charge in [0.1, 0.15) is 12.3 Å². The van der Waals surface area contributed by atoms with Crippen molar-refractivity contribution in [1.82, 2.24) is 19.4 Å². The maximum atomic E-state index is 13.1. The highest BCUT2D eigenvalue weighted by molar-refractivity contribution is 5.80. The monoisotopic (exact) mass is 374 g/mol. The molecule has 7 heteroatoms. The molecule has 28 heavy (non-hydrogen) atoms. The van der Waals surface area contributed by atoms with E-state index in [4.69, 9.17) is 4.42 Å². The third-order valence-corrected chi connectivity index (χ3v) is 4.42. The van der Waals surface area contributed by atoms with Crippen LogP contribution in [0.15, 0.2) is 82.6 Å². The lowest BCUT2D eigenvalue weighted by Crippen LogP contribution is -2.36. The van der Waals surface area contributed by atoms with E-state index in [-0.39, 0.29) is 18.0 Å². The summed E-state index contributed by atoms with van der Waals surface area (Å²) in [5, 5.41) is 0. The summed E-state index contributed by atoms with van der Waals surface area (Å²) in [4.78, 5) is 35.4. The minimum Gasteiger partial charge on any atom is -0.467 e. The SMILES string of the molecule is O=C(Cn1c(=O)cnc2ccccc21)N(Cc1cccnc1)Cc1ccco1. The molecule has 4 aromatic rings. The van der Waals surface area contributed by atoms with Crippen molar-refractivity contribution in [1.29, 1.82) is 0 Å². The number of furan rings is 1. The fourth-order valence-electron chi connectivity index (χ4n) is 3.05. The number of para-hydroxylation sites is 2. The molecule has 0 aliphatic carbocycles. The Labute approximate surface area is 160 Å². The first kappa shape index (κ1) is 17.7. The first-order valence-electron chi connectivity index (χ1n) is 8.84. The van der Waals surface area contributed by atoms with E-state index in [0.29, 0.717) is 29.9 Å². The number of benzene rings is 1. The van der Waals surface area contributed by atoms with Crippen LogP contribution < -0.4 is 5.56 Å². The van der Waals surface area contributed by atoms with E-state index < -0.39 is 0 Å². The lowest BCUT2D eigenvalue weighted by molar-refractivity contribution is -0.133. The molecule has 0 saturated heterocycles. The van der Waals surface area contributed by atoms with E-state index >= 15 is 0 Å². The summed E-state index contributed by atoms with van der Waals surface area (Å²) in [5.41, 5.74) is 1.88. The molecule has 3 heterocycles. The molecule has 1 aromatic carbocycles. The van der Waals surface area contributed by atoms with E-state index in [9.17, 15) is 9.59 Å². The Morgan fingerprint density at radius 2 is 1.93 bits per heavy atom. The minimum absolute atomic E-state index is 0.0805. The third kappa shape index (κ3) is 3.83.